The first-order valence-electron chi connectivity index (χ1n) is 12.4. The molecule has 0 bridgehead atoms. The van der Waals surface area contributed by atoms with Gasteiger partial charge in [-0.1, -0.05) is 6.07 Å². The Hall–Kier alpha value is -3.44. The minimum Gasteiger partial charge on any atom is -0.381 e. The average Bonchev–Trinajstić information content (AvgIpc) is 3.52. The molecule has 0 unspecified atom stereocenters. The van der Waals surface area contributed by atoms with Crippen LogP contribution in [0.15, 0.2) is 36.8 Å². The van der Waals surface area contributed by atoms with E-state index in [0.717, 1.165) is 63.2 Å². The van der Waals surface area contributed by atoms with Crippen molar-refractivity contribution >= 4 is 17.3 Å². The number of benzene rings is 1. The van der Waals surface area contributed by atoms with Gasteiger partial charge in [0.1, 0.15) is 11.6 Å². The monoisotopic (exact) mass is 494 g/mol. The molecule has 5 heterocycles. The van der Waals surface area contributed by atoms with Crippen LogP contribution in [0.3, 0.4) is 0 Å². The minimum atomic E-state index is -0.720. The Kier molecular flexibility index (Phi) is 6.10. The van der Waals surface area contributed by atoms with Crippen LogP contribution in [0.2, 0.25) is 0 Å². The zero-order valence-electron chi connectivity index (χ0n) is 20.1. The second-order valence-electron chi connectivity index (χ2n) is 9.48. The number of hydrogen-bond donors (Lipinski definition) is 1. The molecule has 188 valence electrons. The number of nitrogens with one attached hydrogen (secondary N) is 1. The van der Waals surface area contributed by atoms with Crippen LogP contribution in [0, 0.1) is 18.6 Å². The Bertz CT molecular complexity index is 1350. The first-order chi connectivity index (χ1) is 17.6. The highest BCUT2D eigenvalue weighted by molar-refractivity contribution is 5.65. The van der Waals surface area contributed by atoms with Crippen LogP contribution in [0.1, 0.15) is 37.3 Å². The van der Waals surface area contributed by atoms with Crippen molar-refractivity contribution in [2.75, 3.05) is 31.6 Å². The number of piperidine rings is 1. The molecule has 9 nitrogen and oxygen atoms in total. The summed E-state index contributed by atoms with van der Waals surface area (Å²) in [4.78, 5) is 11.4. The van der Waals surface area contributed by atoms with Gasteiger partial charge in [-0.05, 0) is 44.7 Å². The van der Waals surface area contributed by atoms with Crippen LogP contribution >= 0.6 is 0 Å². The number of nitrogens with zero attached hydrogens (tertiary/aromatic N) is 7. The van der Waals surface area contributed by atoms with Gasteiger partial charge >= 0.3 is 0 Å². The number of aromatic nitrogens is 6. The zero-order chi connectivity index (χ0) is 24.6. The molecule has 2 saturated heterocycles. The third kappa shape index (κ3) is 4.33. The van der Waals surface area contributed by atoms with Crippen molar-refractivity contribution in [3.05, 3.63) is 54.0 Å². The van der Waals surface area contributed by atoms with Crippen molar-refractivity contribution in [2.45, 2.75) is 44.7 Å². The molecular weight excluding hydrogens is 466 g/mol. The van der Waals surface area contributed by atoms with E-state index >= 15 is 0 Å². The number of rotatable bonds is 5. The smallest absolute Gasteiger partial charge is 0.232 e. The molecule has 2 aliphatic heterocycles. The van der Waals surface area contributed by atoms with Gasteiger partial charge in [-0.15, -0.1) is 0 Å². The predicted molar refractivity (Wildman–Crippen MR) is 130 cm³/mol. The van der Waals surface area contributed by atoms with E-state index in [4.69, 9.17) is 4.74 Å². The Labute approximate surface area is 207 Å². The molecular formula is C25H28F2N8O. The van der Waals surface area contributed by atoms with E-state index in [1.165, 1.54) is 22.7 Å². The lowest BCUT2D eigenvalue weighted by molar-refractivity contribution is 0.0212. The van der Waals surface area contributed by atoms with Gasteiger partial charge in [0, 0.05) is 44.1 Å². The van der Waals surface area contributed by atoms with Gasteiger partial charge in [-0.2, -0.15) is 19.7 Å². The van der Waals surface area contributed by atoms with Gasteiger partial charge in [-0.3, -0.25) is 4.68 Å². The maximum Gasteiger partial charge on any atom is 0.232 e. The van der Waals surface area contributed by atoms with Crippen molar-refractivity contribution in [1.29, 1.82) is 0 Å². The number of hydrogen-bond acceptors (Lipinski definition) is 7. The van der Waals surface area contributed by atoms with Gasteiger partial charge in [0.25, 0.3) is 0 Å². The highest BCUT2D eigenvalue weighted by Crippen LogP contribution is 2.29. The topological polar surface area (TPSA) is 85.4 Å². The predicted octanol–water partition coefficient (Wildman–Crippen LogP) is 4.13. The highest BCUT2D eigenvalue weighted by Gasteiger charge is 2.27. The third-order valence-electron chi connectivity index (χ3n) is 7.17. The summed E-state index contributed by atoms with van der Waals surface area (Å²) < 4.78 is 38.0. The zero-order valence-corrected chi connectivity index (χ0v) is 20.1. The summed E-state index contributed by atoms with van der Waals surface area (Å²) in [6.45, 7) is 5.65. The standard InChI is InChI=1S/C25H28F2N8O/c1-16-13-29-35-24(16)31-23(22-20(26)3-2-4-21(22)27)32-25(35)30-17-14-28-34(15-17)19-5-9-33(10-6-19)18-7-11-36-12-8-18/h2-4,13-15,18-19H,5-12H2,1H3,(H,30,31,32). The number of anilines is 2. The molecule has 0 radical (unpaired) electrons. The largest absolute Gasteiger partial charge is 0.381 e. The van der Waals surface area contributed by atoms with E-state index in [2.05, 4.69) is 30.4 Å². The molecule has 6 rings (SSSR count). The van der Waals surface area contributed by atoms with Crippen LogP contribution in [-0.4, -0.2) is 66.6 Å². The summed E-state index contributed by atoms with van der Waals surface area (Å²) in [7, 11) is 0. The Morgan fingerprint density at radius 1 is 0.944 bits per heavy atom. The van der Waals surface area contributed by atoms with Crippen LogP contribution in [0.5, 0.6) is 0 Å². The summed E-state index contributed by atoms with van der Waals surface area (Å²) in [5, 5.41) is 12.2. The van der Waals surface area contributed by atoms with Gasteiger partial charge in [0.05, 0.1) is 29.7 Å². The van der Waals surface area contributed by atoms with Crippen molar-refractivity contribution in [3.63, 3.8) is 0 Å². The van der Waals surface area contributed by atoms with E-state index < -0.39 is 11.6 Å². The fourth-order valence-corrected chi connectivity index (χ4v) is 5.19. The molecule has 11 heteroatoms. The molecule has 2 fully saturated rings. The van der Waals surface area contributed by atoms with Crippen molar-refractivity contribution in [3.8, 4) is 11.4 Å². The molecule has 1 N–H and O–H groups in total. The number of aryl methyl sites for hydroxylation is 1. The lowest BCUT2D eigenvalue weighted by atomic mass is 10.00. The first-order valence-corrected chi connectivity index (χ1v) is 12.4. The van der Waals surface area contributed by atoms with E-state index in [1.807, 2.05) is 17.8 Å². The summed E-state index contributed by atoms with van der Waals surface area (Å²) in [6, 6.07) is 4.65. The number of ether oxygens (including phenoxy) is 1. The maximum absolute atomic E-state index is 14.5. The molecule has 4 aromatic rings. The lowest BCUT2D eigenvalue weighted by Crippen LogP contribution is -2.44. The van der Waals surface area contributed by atoms with E-state index in [-0.39, 0.29) is 11.4 Å². The minimum absolute atomic E-state index is 0.0444. The first kappa shape index (κ1) is 23.0. The Balaban J connectivity index is 1.23. The SMILES string of the molecule is Cc1cnn2c(Nc3cnn(C4CCN(C5CCOCC5)CC4)c3)nc(-c3c(F)cccc3F)nc12. The van der Waals surface area contributed by atoms with Gasteiger partial charge in [0.15, 0.2) is 11.5 Å². The summed E-state index contributed by atoms with van der Waals surface area (Å²) >= 11 is 0. The second-order valence-corrected chi connectivity index (χ2v) is 9.48. The van der Waals surface area contributed by atoms with Crippen LogP contribution in [0.4, 0.5) is 20.4 Å². The van der Waals surface area contributed by atoms with Gasteiger partial charge in [-0.25, -0.2) is 13.8 Å². The van der Waals surface area contributed by atoms with Crippen LogP contribution in [0.25, 0.3) is 17.0 Å². The molecule has 2 aliphatic rings. The molecule has 1 aromatic carbocycles. The molecule has 36 heavy (non-hydrogen) atoms. The molecule has 0 spiro atoms. The third-order valence-corrected chi connectivity index (χ3v) is 7.17. The molecule has 3 aromatic heterocycles. The van der Waals surface area contributed by atoms with E-state index in [9.17, 15) is 8.78 Å². The number of likely N-dealkylation sites (tertiary alicyclic amines) is 1. The average molecular weight is 495 g/mol. The Morgan fingerprint density at radius 3 is 2.44 bits per heavy atom. The molecule has 0 amide bonds. The normalized spacial score (nSPS) is 18.2. The lowest BCUT2D eigenvalue weighted by Gasteiger charge is -2.39. The van der Waals surface area contributed by atoms with Crippen LogP contribution in [-0.2, 0) is 4.74 Å². The van der Waals surface area contributed by atoms with E-state index in [0.29, 0.717) is 23.7 Å². The van der Waals surface area contributed by atoms with Crippen molar-refractivity contribution < 1.29 is 13.5 Å². The number of fused-ring (bicyclic) bond motifs is 1. The number of halogens is 2. The quantitative estimate of drug-likeness (QED) is 0.446. The molecule has 0 saturated carbocycles. The van der Waals surface area contributed by atoms with Gasteiger partial charge < -0.3 is 15.0 Å². The molecule has 0 aliphatic carbocycles. The second kappa shape index (κ2) is 9.55. The van der Waals surface area contributed by atoms with Crippen molar-refractivity contribution in [1.82, 2.24) is 34.3 Å². The van der Waals surface area contributed by atoms with Crippen LogP contribution < -0.4 is 5.32 Å². The maximum atomic E-state index is 14.5. The fraction of sp³-hybridized carbons (Fsp3) is 0.440. The molecule has 0 atom stereocenters. The van der Waals surface area contributed by atoms with Gasteiger partial charge in [0.2, 0.25) is 5.95 Å². The highest BCUT2D eigenvalue weighted by atomic mass is 19.1. The summed E-state index contributed by atoms with van der Waals surface area (Å²) in [5.74, 6) is -1.18. The van der Waals surface area contributed by atoms with E-state index in [1.54, 1.807) is 12.4 Å². The fourth-order valence-electron chi connectivity index (χ4n) is 5.19. The summed E-state index contributed by atoms with van der Waals surface area (Å²) in [6.07, 6.45) is 9.61. The summed E-state index contributed by atoms with van der Waals surface area (Å²) in [5.41, 5.74) is 1.69. The Morgan fingerprint density at radius 2 is 1.69 bits per heavy atom. The van der Waals surface area contributed by atoms with Crippen molar-refractivity contribution in [2.24, 2.45) is 0 Å².